The van der Waals surface area contributed by atoms with Crippen LogP contribution in [0.2, 0.25) is 0 Å². The number of carbonyl (C=O) groups excluding carboxylic acids is 1. The van der Waals surface area contributed by atoms with Crippen LogP contribution in [0.1, 0.15) is 19.4 Å². The van der Waals surface area contributed by atoms with E-state index in [9.17, 15) is 18.4 Å². The first kappa shape index (κ1) is 13.1. The lowest BCUT2D eigenvalue weighted by Gasteiger charge is -2.26. The third-order valence-electron chi connectivity index (χ3n) is 2.32. The molecule has 0 saturated heterocycles. The van der Waals surface area contributed by atoms with Gasteiger partial charge in [-0.25, -0.2) is 13.6 Å². The molecule has 0 aliphatic rings. The first-order valence-corrected chi connectivity index (χ1v) is 4.75. The van der Waals surface area contributed by atoms with Crippen molar-refractivity contribution in [2.24, 2.45) is 0 Å². The maximum atomic E-state index is 13.5. The predicted molar refractivity (Wildman–Crippen MR) is 55.2 cm³/mol. The fourth-order valence-electron chi connectivity index (χ4n) is 1.48. The second-order valence-corrected chi connectivity index (χ2v) is 3.74. The summed E-state index contributed by atoms with van der Waals surface area (Å²) in [6, 6.07) is 2.49. The molecule has 4 nitrogen and oxygen atoms in total. The van der Waals surface area contributed by atoms with Crippen molar-refractivity contribution < 1.29 is 23.5 Å². The molecular weight excluding hydrogens is 232 g/mol. The molecule has 1 aromatic carbocycles. The molecular formula is C11H11F2NO3. The third-order valence-corrected chi connectivity index (χ3v) is 2.32. The van der Waals surface area contributed by atoms with E-state index in [-0.39, 0.29) is 5.56 Å². The SMILES string of the molecule is CC(=O)NC(C)(C(=O)O)c1ccc(F)cc1F. The van der Waals surface area contributed by atoms with Crippen LogP contribution < -0.4 is 5.32 Å². The fourth-order valence-corrected chi connectivity index (χ4v) is 1.48. The van der Waals surface area contributed by atoms with Crippen LogP contribution in [0.4, 0.5) is 8.78 Å². The summed E-state index contributed by atoms with van der Waals surface area (Å²) in [6.45, 7) is 2.25. The average Bonchev–Trinajstić information content (AvgIpc) is 2.15. The average molecular weight is 243 g/mol. The van der Waals surface area contributed by atoms with E-state index in [2.05, 4.69) is 5.32 Å². The van der Waals surface area contributed by atoms with Gasteiger partial charge in [-0.2, -0.15) is 0 Å². The maximum Gasteiger partial charge on any atom is 0.333 e. The van der Waals surface area contributed by atoms with Crippen molar-refractivity contribution in [2.75, 3.05) is 0 Å². The Balaban J connectivity index is 3.32. The molecule has 17 heavy (non-hydrogen) atoms. The van der Waals surface area contributed by atoms with Gasteiger partial charge in [-0.1, -0.05) is 6.07 Å². The highest BCUT2D eigenvalue weighted by Gasteiger charge is 2.38. The molecule has 0 bridgehead atoms. The molecule has 1 aromatic rings. The van der Waals surface area contributed by atoms with Crippen molar-refractivity contribution in [2.45, 2.75) is 19.4 Å². The quantitative estimate of drug-likeness (QED) is 0.843. The number of benzene rings is 1. The Morgan fingerprint density at radius 3 is 2.35 bits per heavy atom. The molecule has 0 saturated carbocycles. The van der Waals surface area contributed by atoms with Crippen LogP contribution >= 0.6 is 0 Å². The minimum Gasteiger partial charge on any atom is -0.479 e. The molecule has 0 aromatic heterocycles. The molecule has 0 aliphatic carbocycles. The molecule has 0 fully saturated rings. The summed E-state index contributed by atoms with van der Waals surface area (Å²) in [5, 5.41) is 11.2. The standard InChI is InChI=1S/C11H11F2NO3/c1-6(15)14-11(2,10(16)17)8-4-3-7(12)5-9(8)13/h3-5H,1-2H3,(H,14,15)(H,16,17). The zero-order chi connectivity index (χ0) is 13.2. The fraction of sp³-hybridized carbons (Fsp3) is 0.273. The first-order chi connectivity index (χ1) is 7.77. The Morgan fingerprint density at radius 2 is 1.94 bits per heavy atom. The van der Waals surface area contributed by atoms with Gasteiger partial charge < -0.3 is 10.4 Å². The minimum absolute atomic E-state index is 0.304. The second kappa shape index (κ2) is 4.48. The van der Waals surface area contributed by atoms with Crippen LogP contribution in [-0.4, -0.2) is 17.0 Å². The van der Waals surface area contributed by atoms with Gasteiger partial charge in [0.05, 0.1) is 0 Å². The summed E-state index contributed by atoms with van der Waals surface area (Å²) in [7, 11) is 0. The molecule has 1 unspecified atom stereocenters. The van der Waals surface area contributed by atoms with Gasteiger partial charge in [-0.15, -0.1) is 0 Å². The van der Waals surface area contributed by atoms with E-state index in [1.165, 1.54) is 0 Å². The number of nitrogens with one attached hydrogen (secondary N) is 1. The number of carbonyl (C=O) groups is 2. The van der Waals surface area contributed by atoms with Gasteiger partial charge in [0.15, 0.2) is 5.54 Å². The topological polar surface area (TPSA) is 66.4 Å². The van der Waals surface area contributed by atoms with E-state index in [0.29, 0.717) is 6.07 Å². The van der Waals surface area contributed by atoms with Crippen molar-refractivity contribution in [3.63, 3.8) is 0 Å². The molecule has 1 amide bonds. The number of carboxylic acid groups (broad SMARTS) is 1. The molecule has 0 heterocycles. The zero-order valence-electron chi connectivity index (χ0n) is 9.25. The van der Waals surface area contributed by atoms with Crippen LogP contribution in [0.25, 0.3) is 0 Å². The van der Waals surface area contributed by atoms with E-state index < -0.39 is 29.0 Å². The van der Waals surface area contributed by atoms with Crippen LogP contribution in [-0.2, 0) is 15.1 Å². The molecule has 1 rings (SSSR count). The summed E-state index contributed by atoms with van der Waals surface area (Å²) in [5.41, 5.74) is -2.23. The van der Waals surface area contributed by atoms with Crippen LogP contribution in [0, 0.1) is 11.6 Å². The smallest absolute Gasteiger partial charge is 0.333 e. The molecule has 0 aliphatic heterocycles. The van der Waals surface area contributed by atoms with Crippen molar-refractivity contribution in [1.82, 2.24) is 5.32 Å². The lowest BCUT2D eigenvalue weighted by molar-refractivity contribution is -0.147. The Morgan fingerprint density at radius 1 is 1.35 bits per heavy atom. The largest absolute Gasteiger partial charge is 0.479 e. The number of aliphatic carboxylic acids is 1. The van der Waals surface area contributed by atoms with Gasteiger partial charge in [0.1, 0.15) is 11.6 Å². The lowest BCUT2D eigenvalue weighted by Crippen LogP contribution is -2.49. The number of hydrogen-bond donors (Lipinski definition) is 2. The molecule has 92 valence electrons. The van der Waals surface area contributed by atoms with Gasteiger partial charge in [-0.3, -0.25) is 4.79 Å². The predicted octanol–water partition coefficient (Wildman–Crippen LogP) is 1.40. The van der Waals surface area contributed by atoms with Crippen LogP contribution in [0.5, 0.6) is 0 Å². The minimum atomic E-state index is -1.93. The van der Waals surface area contributed by atoms with Crippen LogP contribution in [0.3, 0.4) is 0 Å². The zero-order valence-corrected chi connectivity index (χ0v) is 9.25. The van der Waals surface area contributed by atoms with Crippen LogP contribution in [0.15, 0.2) is 18.2 Å². The van der Waals surface area contributed by atoms with Gasteiger partial charge in [0.25, 0.3) is 0 Å². The molecule has 1 atom stereocenters. The highest BCUT2D eigenvalue weighted by molar-refractivity contribution is 5.86. The third kappa shape index (κ3) is 2.58. The van der Waals surface area contributed by atoms with Gasteiger partial charge >= 0.3 is 5.97 Å². The number of amides is 1. The number of carboxylic acids is 1. The lowest BCUT2D eigenvalue weighted by atomic mass is 9.91. The van der Waals surface area contributed by atoms with E-state index in [1.54, 1.807) is 0 Å². The van der Waals surface area contributed by atoms with Gasteiger partial charge in [0, 0.05) is 18.6 Å². The highest BCUT2D eigenvalue weighted by atomic mass is 19.1. The Hall–Kier alpha value is -1.98. The van der Waals surface area contributed by atoms with Gasteiger partial charge in [0.2, 0.25) is 5.91 Å². The Labute approximate surface area is 96.3 Å². The molecule has 0 spiro atoms. The summed E-state index contributed by atoms with van der Waals surface area (Å²) < 4.78 is 26.2. The maximum absolute atomic E-state index is 13.5. The number of halogens is 2. The molecule has 0 radical (unpaired) electrons. The van der Waals surface area contributed by atoms with Gasteiger partial charge in [-0.05, 0) is 13.0 Å². The van der Waals surface area contributed by atoms with E-state index in [0.717, 1.165) is 26.0 Å². The number of hydrogen-bond acceptors (Lipinski definition) is 2. The normalized spacial score (nSPS) is 13.9. The summed E-state index contributed by atoms with van der Waals surface area (Å²) in [5.74, 6) is -3.90. The summed E-state index contributed by atoms with van der Waals surface area (Å²) in [6.07, 6.45) is 0. The van der Waals surface area contributed by atoms with E-state index in [4.69, 9.17) is 5.11 Å². The second-order valence-electron chi connectivity index (χ2n) is 3.74. The Kier molecular flexibility index (Phi) is 3.45. The first-order valence-electron chi connectivity index (χ1n) is 4.75. The number of rotatable bonds is 3. The highest BCUT2D eigenvalue weighted by Crippen LogP contribution is 2.24. The summed E-state index contributed by atoms with van der Waals surface area (Å²) >= 11 is 0. The van der Waals surface area contributed by atoms with E-state index in [1.807, 2.05) is 0 Å². The van der Waals surface area contributed by atoms with Crippen molar-refractivity contribution >= 4 is 11.9 Å². The van der Waals surface area contributed by atoms with Crippen molar-refractivity contribution in [3.05, 3.63) is 35.4 Å². The molecule has 2 N–H and O–H groups in total. The summed E-state index contributed by atoms with van der Waals surface area (Å²) in [4.78, 5) is 22.1. The van der Waals surface area contributed by atoms with E-state index >= 15 is 0 Å². The Bertz CT molecular complexity index is 476. The van der Waals surface area contributed by atoms with Crippen molar-refractivity contribution in [3.8, 4) is 0 Å². The van der Waals surface area contributed by atoms with Crippen molar-refractivity contribution in [1.29, 1.82) is 0 Å². The monoisotopic (exact) mass is 243 g/mol. The molecule has 6 heteroatoms.